The maximum Gasteiger partial charge on any atom is 0.0891 e. The van der Waals surface area contributed by atoms with Crippen molar-refractivity contribution in [3.63, 3.8) is 0 Å². The van der Waals surface area contributed by atoms with Crippen LogP contribution in [0.5, 0.6) is 0 Å². The minimum absolute atomic E-state index is 0.518. The third kappa shape index (κ3) is 6.79. The maximum absolute atomic E-state index is 5.35. The Kier molecular flexibility index (Phi) is 6.81. The van der Waals surface area contributed by atoms with Gasteiger partial charge in [0.1, 0.15) is 0 Å². The number of hydrogen-bond donors (Lipinski definition) is 1. The summed E-state index contributed by atoms with van der Waals surface area (Å²) in [7, 11) is 0. The lowest BCUT2D eigenvalue weighted by Crippen LogP contribution is -1.94. The molecule has 2 nitrogen and oxygen atoms in total. The minimum atomic E-state index is 0.518. The van der Waals surface area contributed by atoms with Crippen LogP contribution in [0.25, 0.3) is 0 Å². The lowest BCUT2D eigenvalue weighted by molar-refractivity contribution is 1.05. The Hall–Kier alpha value is 0.670. The van der Waals surface area contributed by atoms with Crippen LogP contribution in [0.1, 0.15) is 13.3 Å². The standard InChI is InChI=1S/C6H10I2N2/c1-2-5(7)3-10-4-6(8)9/h3-5H,2,9H2,1H3/b6-4-,10-3-. The van der Waals surface area contributed by atoms with Crippen molar-refractivity contribution in [2.24, 2.45) is 10.7 Å². The largest absolute Gasteiger partial charge is 0.393 e. The molecule has 0 amide bonds. The molecule has 0 heterocycles. The molecule has 0 radical (unpaired) electrons. The number of hydrogen-bond acceptors (Lipinski definition) is 2. The molecular formula is C6H10I2N2. The topological polar surface area (TPSA) is 38.4 Å². The van der Waals surface area contributed by atoms with Crippen LogP contribution in [0.2, 0.25) is 0 Å². The molecule has 58 valence electrons. The first-order valence-corrected chi connectivity index (χ1v) is 5.27. The second kappa shape index (κ2) is 6.38. The summed E-state index contributed by atoms with van der Waals surface area (Å²) in [6, 6.07) is 0. The molecule has 0 fully saturated rings. The number of nitrogens with two attached hydrogens (primary N) is 1. The van der Waals surface area contributed by atoms with Crippen molar-refractivity contribution < 1.29 is 0 Å². The molecule has 0 saturated heterocycles. The summed E-state index contributed by atoms with van der Waals surface area (Å²) in [6.45, 7) is 2.13. The van der Waals surface area contributed by atoms with Gasteiger partial charge in [0.2, 0.25) is 0 Å². The average Bonchev–Trinajstić information content (AvgIpc) is 1.87. The van der Waals surface area contributed by atoms with Crippen LogP contribution in [0.4, 0.5) is 0 Å². The van der Waals surface area contributed by atoms with Gasteiger partial charge in [-0.25, -0.2) is 0 Å². The van der Waals surface area contributed by atoms with Gasteiger partial charge in [0.15, 0.2) is 0 Å². The summed E-state index contributed by atoms with van der Waals surface area (Å²) in [5.74, 6) is 0. The van der Waals surface area contributed by atoms with E-state index in [9.17, 15) is 0 Å². The molecule has 0 aliphatic rings. The SMILES string of the molecule is CCC(I)/C=N\C=C(/N)I. The third-order valence-corrected chi connectivity index (χ3v) is 2.32. The zero-order valence-electron chi connectivity index (χ0n) is 5.72. The fraction of sp³-hybridized carbons (Fsp3) is 0.500. The van der Waals surface area contributed by atoms with Gasteiger partial charge in [-0.3, -0.25) is 4.99 Å². The van der Waals surface area contributed by atoms with Gasteiger partial charge in [0.05, 0.1) is 9.90 Å². The van der Waals surface area contributed by atoms with Crippen LogP contribution >= 0.6 is 45.2 Å². The first kappa shape index (κ1) is 10.7. The molecule has 0 rings (SSSR count). The summed E-state index contributed by atoms with van der Waals surface area (Å²) in [4.78, 5) is 4.01. The molecule has 0 aromatic carbocycles. The molecule has 0 aliphatic heterocycles. The molecule has 1 atom stereocenters. The Labute approximate surface area is 88.6 Å². The lowest BCUT2D eigenvalue weighted by atomic mass is 10.4. The van der Waals surface area contributed by atoms with Crippen molar-refractivity contribution in [3.05, 3.63) is 9.90 Å². The van der Waals surface area contributed by atoms with Crippen molar-refractivity contribution in [1.29, 1.82) is 0 Å². The van der Waals surface area contributed by atoms with E-state index < -0.39 is 0 Å². The summed E-state index contributed by atoms with van der Waals surface area (Å²) in [5, 5.41) is 0. The first-order chi connectivity index (χ1) is 4.66. The third-order valence-electron chi connectivity index (χ3n) is 0.836. The molecule has 0 spiro atoms. The number of rotatable bonds is 3. The van der Waals surface area contributed by atoms with Crippen LogP contribution in [0.15, 0.2) is 14.9 Å². The zero-order valence-corrected chi connectivity index (χ0v) is 10.0. The fourth-order valence-corrected chi connectivity index (χ4v) is 0.660. The van der Waals surface area contributed by atoms with E-state index in [-0.39, 0.29) is 0 Å². The Bertz CT molecular complexity index is 139. The highest BCUT2D eigenvalue weighted by Gasteiger charge is 1.91. The van der Waals surface area contributed by atoms with E-state index in [4.69, 9.17) is 5.73 Å². The van der Waals surface area contributed by atoms with Gasteiger partial charge in [0.25, 0.3) is 0 Å². The van der Waals surface area contributed by atoms with Gasteiger partial charge in [0, 0.05) is 10.1 Å². The second-order valence-electron chi connectivity index (χ2n) is 1.74. The van der Waals surface area contributed by atoms with Gasteiger partial charge < -0.3 is 5.73 Å². The average molecular weight is 364 g/mol. The predicted molar refractivity (Wildman–Crippen MR) is 62.9 cm³/mol. The highest BCUT2D eigenvalue weighted by Crippen LogP contribution is 2.02. The van der Waals surface area contributed by atoms with Crippen LogP contribution in [0, 0.1) is 0 Å². The van der Waals surface area contributed by atoms with E-state index in [1.54, 1.807) is 6.20 Å². The van der Waals surface area contributed by atoms with E-state index in [1.807, 2.05) is 28.8 Å². The van der Waals surface area contributed by atoms with Crippen molar-refractivity contribution in [2.75, 3.05) is 0 Å². The Morgan fingerprint density at radius 1 is 1.80 bits per heavy atom. The summed E-state index contributed by atoms with van der Waals surface area (Å²) in [5.41, 5.74) is 5.35. The highest BCUT2D eigenvalue weighted by molar-refractivity contribution is 14.1. The molecule has 4 heteroatoms. The van der Waals surface area contributed by atoms with Crippen LogP contribution < -0.4 is 5.73 Å². The fourth-order valence-electron chi connectivity index (χ4n) is 0.313. The van der Waals surface area contributed by atoms with Crippen molar-refractivity contribution in [1.82, 2.24) is 0 Å². The quantitative estimate of drug-likeness (QED) is 0.356. The van der Waals surface area contributed by atoms with Crippen molar-refractivity contribution in [2.45, 2.75) is 17.3 Å². The molecule has 0 aliphatic carbocycles. The number of alkyl halides is 1. The molecule has 2 N–H and O–H groups in total. The Balaban J connectivity index is 3.66. The van der Waals surface area contributed by atoms with E-state index >= 15 is 0 Å². The summed E-state index contributed by atoms with van der Waals surface area (Å²) < 4.78 is 1.23. The van der Waals surface area contributed by atoms with Gasteiger partial charge in [-0.05, 0) is 29.0 Å². The van der Waals surface area contributed by atoms with Gasteiger partial charge in [-0.2, -0.15) is 0 Å². The Morgan fingerprint density at radius 3 is 2.80 bits per heavy atom. The Morgan fingerprint density at radius 2 is 2.40 bits per heavy atom. The minimum Gasteiger partial charge on any atom is -0.393 e. The summed E-state index contributed by atoms with van der Waals surface area (Å²) >= 11 is 4.35. The van der Waals surface area contributed by atoms with E-state index in [0.29, 0.717) is 7.63 Å². The van der Waals surface area contributed by atoms with E-state index in [0.717, 1.165) is 6.42 Å². The molecule has 0 bridgehead atoms. The number of aliphatic imine (C=N–C) groups is 1. The second-order valence-corrected chi connectivity index (χ2v) is 4.58. The van der Waals surface area contributed by atoms with Gasteiger partial charge in [-0.15, -0.1) is 0 Å². The summed E-state index contributed by atoms with van der Waals surface area (Å²) in [6.07, 6.45) is 4.66. The van der Waals surface area contributed by atoms with Gasteiger partial charge in [-0.1, -0.05) is 29.5 Å². The van der Waals surface area contributed by atoms with Crippen molar-refractivity contribution >= 4 is 51.4 Å². The van der Waals surface area contributed by atoms with Crippen molar-refractivity contribution in [3.8, 4) is 0 Å². The van der Waals surface area contributed by atoms with Crippen LogP contribution in [-0.4, -0.2) is 10.1 Å². The molecule has 1 unspecified atom stereocenters. The van der Waals surface area contributed by atoms with Gasteiger partial charge >= 0.3 is 0 Å². The zero-order chi connectivity index (χ0) is 7.98. The van der Waals surface area contributed by atoms with E-state index in [1.165, 1.54) is 0 Å². The molecule has 0 aromatic rings. The maximum atomic E-state index is 5.35. The predicted octanol–water partition coefficient (Wildman–Crippen LogP) is 2.46. The molecule has 10 heavy (non-hydrogen) atoms. The number of halogens is 2. The lowest BCUT2D eigenvalue weighted by Gasteiger charge is -1.93. The first-order valence-electron chi connectivity index (χ1n) is 2.95. The van der Waals surface area contributed by atoms with Crippen LogP contribution in [0.3, 0.4) is 0 Å². The highest BCUT2D eigenvalue weighted by atomic mass is 127. The molecular weight excluding hydrogens is 354 g/mol. The normalized spacial score (nSPS) is 16.1. The van der Waals surface area contributed by atoms with Crippen LogP contribution in [-0.2, 0) is 0 Å². The number of nitrogens with zero attached hydrogens (tertiary/aromatic N) is 1. The monoisotopic (exact) mass is 364 g/mol. The molecule has 0 aromatic heterocycles. The van der Waals surface area contributed by atoms with E-state index in [2.05, 4.69) is 34.5 Å². The smallest absolute Gasteiger partial charge is 0.0891 e. The molecule has 0 saturated carbocycles.